The lowest BCUT2D eigenvalue weighted by Crippen LogP contribution is -2.46. The number of carbonyl (C=O) groups excluding carboxylic acids is 1. The number of aliphatic hydroxyl groups is 1. The summed E-state index contributed by atoms with van der Waals surface area (Å²) < 4.78 is 81.1. The first-order chi connectivity index (χ1) is 15.3. The summed E-state index contributed by atoms with van der Waals surface area (Å²) in [6.45, 7) is -1.12. The molecule has 22 heteroatoms. The van der Waals surface area contributed by atoms with Gasteiger partial charge in [0.05, 0.1) is 12.7 Å². The maximum atomic E-state index is 15.3. The van der Waals surface area contributed by atoms with Gasteiger partial charge in [0.1, 0.15) is 12.4 Å². The molecule has 0 aromatic carbocycles. The zero-order chi connectivity index (χ0) is 25.9. The van der Waals surface area contributed by atoms with Crippen molar-refractivity contribution < 1.29 is 69.8 Å². The predicted octanol–water partition coefficient (Wildman–Crippen LogP) is 0.0852. The van der Waals surface area contributed by atoms with Crippen LogP contribution in [0.2, 0.25) is 0 Å². The van der Waals surface area contributed by atoms with Crippen LogP contribution in [-0.2, 0) is 31.6 Å². The molecule has 2 aliphatic rings. The van der Waals surface area contributed by atoms with Gasteiger partial charge in [-0.1, -0.05) is 0 Å². The van der Waals surface area contributed by atoms with E-state index in [4.69, 9.17) is 25.2 Å². The van der Waals surface area contributed by atoms with Gasteiger partial charge < -0.3 is 35.2 Å². The van der Waals surface area contributed by atoms with E-state index < -0.39 is 59.7 Å². The number of imidazole rings is 1. The van der Waals surface area contributed by atoms with E-state index in [1.165, 1.54) is 0 Å². The van der Waals surface area contributed by atoms with Crippen molar-refractivity contribution in [1.29, 1.82) is 0 Å². The molecule has 0 amide bonds. The fraction of sp³-hybridized carbons (Fsp3) is 0.583. The Bertz CT molecular complexity index is 1180. The number of aromatic nitrogens is 2. The normalized spacial score (nSPS) is 33.2. The first-order valence-corrected chi connectivity index (χ1v) is 13.2. The zero-order valence-corrected chi connectivity index (χ0v) is 19.3. The molecular weight excluding hydrogens is 539 g/mol. The molecule has 0 radical (unpaired) electrons. The maximum Gasteiger partial charge on any atom is 0.490 e. The van der Waals surface area contributed by atoms with Crippen LogP contribution in [0.5, 0.6) is 0 Å². The highest BCUT2D eigenvalue weighted by molar-refractivity contribution is 7.66. The number of nitrogens with zero attached hydrogens (tertiary/aromatic N) is 3. The SMILES string of the molecule is C[C@]1(F)[C@H](n2cnc3c2N=C(N)CC3=O)O[C@](F)(COP(=O)(O)OP(=O)(O)OP(=O)(O)O)[C@H]1O. The van der Waals surface area contributed by atoms with Crippen molar-refractivity contribution >= 4 is 40.9 Å². The third kappa shape index (κ3) is 5.51. The number of halogens is 2. The number of nitrogens with two attached hydrogens (primary N) is 1. The number of amidine groups is 1. The Hall–Kier alpha value is -1.46. The first kappa shape index (κ1) is 27.1. The van der Waals surface area contributed by atoms with Gasteiger partial charge >= 0.3 is 23.5 Å². The van der Waals surface area contributed by atoms with Gasteiger partial charge in [-0.3, -0.25) is 13.9 Å². The highest BCUT2D eigenvalue weighted by atomic mass is 31.3. The summed E-state index contributed by atoms with van der Waals surface area (Å²) in [5, 5.41) is 10.2. The quantitative estimate of drug-likeness (QED) is 0.232. The summed E-state index contributed by atoms with van der Waals surface area (Å²) in [5.74, 6) is -4.67. The molecule has 1 aromatic heterocycles. The number of phosphoric ester groups is 1. The number of alkyl halides is 2. The van der Waals surface area contributed by atoms with E-state index in [1.54, 1.807) is 0 Å². The number of aliphatic imine (C=N–C) groups is 1. The molecule has 0 aliphatic carbocycles. The van der Waals surface area contributed by atoms with Crippen LogP contribution in [0, 0.1) is 0 Å². The van der Waals surface area contributed by atoms with E-state index in [1.807, 2.05) is 0 Å². The van der Waals surface area contributed by atoms with Crippen LogP contribution in [0.15, 0.2) is 11.3 Å². The van der Waals surface area contributed by atoms with E-state index in [2.05, 4.69) is 23.1 Å². The summed E-state index contributed by atoms with van der Waals surface area (Å²) in [5.41, 5.74) is 2.28. The predicted molar refractivity (Wildman–Crippen MR) is 102 cm³/mol. The number of carbonyl (C=O) groups is 1. The average Bonchev–Trinajstić information content (AvgIpc) is 3.11. The van der Waals surface area contributed by atoms with Crippen LogP contribution in [0.1, 0.15) is 30.1 Å². The second-order valence-electron chi connectivity index (χ2n) is 7.20. The number of ether oxygens (including phenoxy) is 1. The van der Waals surface area contributed by atoms with Crippen molar-refractivity contribution in [2.24, 2.45) is 10.7 Å². The Morgan fingerprint density at radius 1 is 1.24 bits per heavy atom. The Morgan fingerprint density at radius 2 is 1.85 bits per heavy atom. The van der Waals surface area contributed by atoms with Gasteiger partial charge in [-0.25, -0.2) is 32.5 Å². The van der Waals surface area contributed by atoms with Gasteiger partial charge in [0, 0.05) is 0 Å². The molecule has 34 heavy (non-hydrogen) atoms. The van der Waals surface area contributed by atoms with Crippen molar-refractivity contribution in [1.82, 2.24) is 9.55 Å². The summed E-state index contributed by atoms with van der Waals surface area (Å²) in [7, 11) is -17.4. The minimum Gasteiger partial charge on any atom is -0.387 e. The first-order valence-electron chi connectivity index (χ1n) is 8.71. The summed E-state index contributed by atoms with van der Waals surface area (Å²) in [6.07, 6.45) is -4.22. The minimum atomic E-state index is -5.91. The number of hydrogen-bond acceptors (Lipinski definition) is 12. The molecule has 3 rings (SSSR count). The zero-order valence-electron chi connectivity index (χ0n) is 16.7. The van der Waals surface area contributed by atoms with Crippen molar-refractivity contribution in [3.05, 3.63) is 12.0 Å². The molecule has 1 aromatic rings. The van der Waals surface area contributed by atoms with Crippen molar-refractivity contribution in [2.75, 3.05) is 6.61 Å². The lowest BCUT2D eigenvalue weighted by molar-refractivity contribution is -0.204. The number of ketones is 1. The standard InChI is InChI=1S/C12H17F2N4O13P3/c1-11(13)9(20)12(14,3-28-33(24,25)31-34(26,27)30-32(21,22)23)29-10(11)18-4-16-7-5(19)2-6(15)17-8(7)18/h4,9-10,20H,2-3H2,1H3,(H2,15,17)(H,24,25)(H,26,27)(H2,21,22,23)/t9-,10+,11+,12+/m0/s1. The van der Waals surface area contributed by atoms with Crippen molar-refractivity contribution in [2.45, 2.75) is 37.2 Å². The lowest BCUT2D eigenvalue weighted by Gasteiger charge is -2.26. The van der Waals surface area contributed by atoms with Gasteiger partial charge in [0.15, 0.2) is 35.3 Å². The molecule has 1 fully saturated rings. The Labute approximate surface area is 187 Å². The van der Waals surface area contributed by atoms with Crippen LogP contribution in [0.3, 0.4) is 0 Å². The second-order valence-corrected chi connectivity index (χ2v) is 11.6. The molecule has 17 nitrogen and oxygen atoms in total. The van der Waals surface area contributed by atoms with Crippen LogP contribution in [0.25, 0.3) is 0 Å². The summed E-state index contributed by atoms with van der Waals surface area (Å²) in [4.78, 5) is 55.1. The third-order valence-corrected chi connectivity index (χ3v) is 8.23. The number of phosphoric acid groups is 3. The van der Waals surface area contributed by atoms with E-state index in [9.17, 15) is 28.5 Å². The van der Waals surface area contributed by atoms with Gasteiger partial charge in [0.25, 0.3) is 5.85 Å². The van der Waals surface area contributed by atoms with E-state index in [-0.39, 0.29) is 23.8 Å². The largest absolute Gasteiger partial charge is 0.490 e. The highest BCUT2D eigenvalue weighted by Crippen LogP contribution is 2.66. The van der Waals surface area contributed by atoms with E-state index in [0.717, 1.165) is 10.9 Å². The maximum absolute atomic E-state index is 15.3. The molecule has 0 saturated carbocycles. The topological polar surface area (TPSA) is 263 Å². The number of fused-ring (bicyclic) bond motifs is 1. The van der Waals surface area contributed by atoms with Crippen LogP contribution >= 0.6 is 23.5 Å². The van der Waals surface area contributed by atoms with Gasteiger partial charge in [0.2, 0.25) is 0 Å². The Kier molecular flexibility index (Phi) is 6.85. The van der Waals surface area contributed by atoms with Crippen LogP contribution in [-0.4, -0.2) is 70.1 Å². The molecule has 2 unspecified atom stereocenters. The molecule has 1 saturated heterocycles. The third-order valence-electron chi connectivity index (χ3n) is 4.45. The molecule has 192 valence electrons. The number of aliphatic hydroxyl groups excluding tert-OH is 1. The monoisotopic (exact) mass is 556 g/mol. The Morgan fingerprint density at radius 3 is 2.44 bits per heavy atom. The van der Waals surface area contributed by atoms with E-state index >= 15 is 8.78 Å². The Balaban J connectivity index is 1.81. The van der Waals surface area contributed by atoms with Crippen LogP contribution in [0.4, 0.5) is 14.6 Å². The summed E-state index contributed by atoms with van der Waals surface area (Å²) >= 11 is 0. The second kappa shape index (κ2) is 8.58. The molecule has 2 aliphatic heterocycles. The summed E-state index contributed by atoms with van der Waals surface area (Å²) in [6, 6.07) is 0. The van der Waals surface area contributed by atoms with Crippen molar-refractivity contribution in [3.63, 3.8) is 0 Å². The van der Waals surface area contributed by atoms with Gasteiger partial charge in [-0.05, 0) is 6.92 Å². The van der Waals surface area contributed by atoms with E-state index in [0.29, 0.717) is 6.92 Å². The number of Topliss-reactive ketones (excluding diaryl/α,β-unsaturated/α-hetero) is 1. The van der Waals surface area contributed by atoms with Crippen molar-refractivity contribution in [3.8, 4) is 0 Å². The number of rotatable bonds is 8. The smallest absolute Gasteiger partial charge is 0.387 e. The molecule has 0 spiro atoms. The van der Waals surface area contributed by atoms with Crippen LogP contribution < -0.4 is 5.73 Å². The molecule has 0 bridgehead atoms. The van der Waals surface area contributed by atoms with Gasteiger partial charge in [-0.2, -0.15) is 8.62 Å². The molecule has 6 atom stereocenters. The van der Waals surface area contributed by atoms with Gasteiger partial charge in [-0.15, -0.1) is 0 Å². The molecule has 3 heterocycles. The highest BCUT2D eigenvalue weighted by Gasteiger charge is 2.65. The fourth-order valence-electron chi connectivity index (χ4n) is 3.09. The number of hydrogen-bond donors (Lipinski definition) is 6. The molecular formula is C12H17F2N4O13P3. The lowest BCUT2D eigenvalue weighted by atomic mass is 9.97. The fourth-order valence-corrected chi connectivity index (χ4v) is 6.13. The minimum absolute atomic E-state index is 0.169. The molecule has 7 N–H and O–H groups in total. The average molecular weight is 556 g/mol.